The van der Waals surface area contributed by atoms with E-state index in [1.165, 1.54) is 0 Å². The van der Waals surface area contributed by atoms with E-state index in [-0.39, 0.29) is 11.8 Å². The number of benzene rings is 1. The molecule has 10 heteroatoms. The molecule has 144 valence electrons. The van der Waals surface area contributed by atoms with Crippen LogP contribution in [0.4, 0.5) is 4.79 Å². The highest BCUT2D eigenvalue weighted by atomic mass is 35.5. The van der Waals surface area contributed by atoms with Gasteiger partial charge in [0.05, 0.1) is 18.4 Å². The van der Waals surface area contributed by atoms with Crippen molar-refractivity contribution in [1.29, 1.82) is 0 Å². The van der Waals surface area contributed by atoms with Crippen LogP contribution in [0.2, 0.25) is 5.02 Å². The molecule has 27 heavy (non-hydrogen) atoms. The van der Waals surface area contributed by atoms with Crippen LogP contribution in [0.25, 0.3) is 11.4 Å². The number of ether oxygens (including phenoxy) is 1. The first-order valence-corrected chi connectivity index (χ1v) is 9.91. The maximum Gasteiger partial charge on any atom is 0.321 e. The van der Waals surface area contributed by atoms with Crippen LogP contribution in [0.1, 0.15) is 25.7 Å². The van der Waals surface area contributed by atoms with E-state index in [1.54, 1.807) is 25.3 Å². The van der Waals surface area contributed by atoms with Crippen molar-refractivity contribution in [3.8, 4) is 17.1 Å². The van der Waals surface area contributed by atoms with E-state index in [0.29, 0.717) is 27.3 Å². The SMILES string of the molecule is COc1ccc(Cl)cc1-c1nc(SCC(=O)NC(=O)NC2CCCC2)n[nH]1. The Balaban J connectivity index is 1.53. The minimum atomic E-state index is -0.452. The second-order valence-corrected chi connectivity index (χ2v) is 7.48. The molecule has 0 bridgehead atoms. The summed E-state index contributed by atoms with van der Waals surface area (Å²) in [7, 11) is 1.56. The Kier molecular flexibility index (Phi) is 6.57. The zero-order chi connectivity index (χ0) is 19.2. The molecule has 3 rings (SSSR count). The molecule has 2 aromatic rings. The van der Waals surface area contributed by atoms with Crippen molar-refractivity contribution in [1.82, 2.24) is 25.8 Å². The average Bonchev–Trinajstić information content (AvgIpc) is 3.31. The van der Waals surface area contributed by atoms with Gasteiger partial charge in [0.1, 0.15) is 5.75 Å². The van der Waals surface area contributed by atoms with Gasteiger partial charge in [-0.25, -0.2) is 9.78 Å². The van der Waals surface area contributed by atoms with Crippen molar-refractivity contribution in [2.24, 2.45) is 0 Å². The standard InChI is InChI=1S/C17H20ClN5O3S/c1-26-13-7-6-10(18)8-12(13)15-21-17(23-22-15)27-9-14(24)20-16(25)19-11-4-2-3-5-11/h6-8,11H,2-5,9H2,1H3,(H,21,22,23)(H2,19,20,24,25). The van der Waals surface area contributed by atoms with Crippen LogP contribution in [-0.4, -0.2) is 46.0 Å². The van der Waals surface area contributed by atoms with Crippen molar-refractivity contribution in [3.63, 3.8) is 0 Å². The van der Waals surface area contributed by atoms with Crippen LogP contribution in [0.3, 0.4) is 0 Å². The number of thioether (sulfide) groups is 1. The number of carbonyl (C=O) groups is 2. The van der Waals surface area contributed by atoms with E-state index < -0.39 is 11.9 Å². The monoisotopic (exact) mass is 409 g/mol. The van der Waals surface area contributed by atoms with E-state index in [1.807, 2.05) is 0 Å². The predicted octanol–water partition coefficient (Wildman–Crippen LogP) is 2.99. The summed E-state index contributed by atoms with van der Waals surface area (Å²) in [6.45, 7) is 0. The van der Waals surface area contributed by atoms with Crippen LogP contribution >= 0.6 is 23.4 Å². The third-order valence-electron chi connectivity index (χ3n) is 4.16. The summed E-state index contributed by atoms with van der Waals surface area (Å²) in [4.78, 5) is 28.1. The Labute approximate surface area is 165 Å². The molecule has 1 saturated carbocycles. The molecule has 1 aromatic carbocycles. The summed E-state index contributed by atoms with van der Waals surface area (Å²) >= 11 is 7.16. The second-order valence-electron chi connectivity index (χ2n) is 6.10. The minimum Gasteiger partial charge on any atom is -0.496 e. The molecule has 0 spiro atoms. The molecule has 1 fully saturated rings. The highest BCUT2D eigenvalue weighted by Crippen LogP contribution is 2.31. The van der Waals surface area contributed by atoms with Crippen molar-refractivity contribution in [2.45, 2.75) is 36.9 Å². The number of urea groups is 1. The van der Waals surface area contributed by atoms with Crippen LogP contribution in [0.5, 0.6) is 5.75 Å². The Morgan fingerprint density at radius 1 is 1.37 bits per heavy atom. The summed E-state index contributed by atoms with van der Waals surface area (Å²) in [5.41, 5.74) is 0.671. The first-order chi connectivity index (χ1) is 13.0. The largest absolute Gasteiger partial charge is 0.496 e. The van der Waals surface area contributed by atoms with Crippen molar-refractivity contribution < 1.29 is 14.3 Å². The number of hydrogen-bond donors (Lipinski definition) is 3. The third kappa shape index (κ3) is 5.36. The fourth-order valence-electron chi connectivity index (χ4n) is 2.88. The highest BCUT2D eigenvalue weighted by molar-refractivity contribution is 7.99. The quantitative estimate of drug-likeness (QED) is 0.633. The van der Waals surface area contributed by atoms with Gasteiger partial charge in [-0.05, 0) is 31.0 Å². The number of methoxy groups -OCH3 is 1. The molecule has 1 aliphatic rings. The van der Waals surface area contributed by atoms with Gasteiger partial charge < -0.3 is 10.1 Å². The average molecular weight is 410 g/mol. The number of hydrogen-bond acceptors (Lipinski definition) is 6. The van der Waals surface area contributed by atoms with Gasteiger partial charge in [-0.15, -0.1) is 5.10 Å². The molecule has 8 nitrogen and oxygen atoms in total. The molecule has 3 amide bonds. The topological polar surface area (TPSA) is 109 Å². The van der Waals surface area contributed by atoms with Crippen LogP contribution in [0, 0.1) is 0 Å². The minimum absolute atomic E-state index is 0.0298. The smallest absolute Gasteiger partial charge is 0.321 e. The first-order valence-electron chi connectivity index (χ1n) is 8.54. The van der Waals surface area contributed by atoms with Gasteiger partial charge in [-0.2, -0.15) is 0 Å². The Hall–Kier alpha value is -2.26. The number of carbonyl (C=O) groups excluding carboxylic acids is 2. The van der Waals surface area contributed by atoms with Gasteiger partial charge in [-0.1, -0.05) is 36.2 Å². The van der Waals surface area contributed by atoms with Crippen LogP contribution < -0.4 is 15.4 Å². The fraction of sp³-hybridized carbons (Fsp3) is 0.412. The molecular formula is C17H20ClN5O3S. The summed E-state index contributed by atoms with van der Waals surface area (Å²) in [5.74, 6) is 0.717. The van der Waals surface area contributed by atoms with Crippen molar-refractivity contribution in [3.05, 3.63) is 23.2 Å². The molecule has 1 heterocycles. The van der Waals surface area contributed by atoms with E-state index in [2.05, 4.69) is 25.8 Å². The van der Waals surface area contributed by atoms with Gasteiger partial charge in [0, 0.05) is 11.1 Å². The van der Waals surface area contributed by atoms with Gasteiger partial charge in [0.15, 0.2) is 5.82 Å². The number of halogens is 1. The molecule has 0 unspecified atom stereocenters. The number of aromatic amines is 1. The van der Waals surface area contributed by atoms with Crippen LogP contribution in [0.15, 0.2) is 23.4 Å². The summed E-state index contributed by atoms with van der Waals surface area (Å²) in [6, 6.07) is 4.89. The number of nitrogens with zero attached hydrogens (tertiary/aromatic N) is 2. The van der Waals surface area contributed by atoms with E-state index in [0.717, 1.165) is 37.4 Å². The van der Waals surface area contributed by atoms with Gasteiger partial charge in [0.25, 0.3) is 0 Å². The first kappa shape index (κ1) is 19.5. The van der Waals surface area contributed by atoms with Gasteiger partial charge in [0.2, 0.25) is 11.1 Å². The van der Waals surface area contributed by atoms with E-state index >= 15 is 0 Å². The number of aromatic nitrogens is 3. The molecule has 0 saturated heterocycles. The Morgan fingerprint density at radius 2 is 2.15 bits per heavy atom. The Morgan fingerprint density at radius 3 is 2.89 bits per heavy atom. The molecule has 0 aliphatic heterocycles. The lowest BCUT2D eigenvalue weighted by molar-refractivity contribution is -0.117. The molecule has 1 aromatic heterocycles. The predicted molar refractivity (Wildman–Crippen MR) is 103 cm³/mol. The molecule has 1 aliphatic carbocycles. The molecular weight excluding hydrogens is 390 g/mol. The number of nitrogens with one attached hydrogen (secondary N) is 3. The summed E-state index contributed by atoms with van der Waals surface area (Å²) in [5, 5.41) is 13.0. The lowest BCUT2D eigenvalue weighted by Gasteiger charge is -2.11. The van der Waals surface area contributed by atoms with Crippen molar-refractivity contribution >= 4 is 35.3 Å². The maximum absolute atomic E-state index is 11.9. The number of H-pyrrole nitrogens is 1. The molecule has 3 N–H and O–H groups in total. The lowest BCUT2D eigenvalue weighted by Crippen LogP contribution is -2.44. The molecule has 0 radical (unpaired) electrons. The van der Waals surface area contributed by atoms with Gasteiger partial charge in [-0.3, -0.25) is 15.2 Å². The zero-order valence-corrected chi connectivity index (χ0v) is 16.3. The van der Waals surface area contributed by atoms with Gasteiger partial charge >= 0.3 is 6.03 Å². The number of imide groups is 1. The summed E-state index contributed by atoms with van der Waals surface area (Å²) < 4.78 is 5.30. The highest BCUT2D eigenvalue weighted by Gasteiger charge is 2.18. The van der Waals surface area contributed by atoms with E-state index in [4.69, 9.17) is 16.3 Å². The van der Waals surface area contributed by atoms with E-state index in [9.17, 15) is 9.59 Å². The zero-order valence-electron chi connectivity index (χ0n) is 14.8. The fourth-order valence-corrected chi connectivity index (χ4v) is 3.65. The third-order valence-corrected chi connectivity index (χ3v) is 5.24. The number of amides is 3. The maximum atomic E-state index is 11.9. The number of rotatable bonds is 6. The molecule has 0 atom stereocenters. The van der Waals surface area contributed by atoms with Crippen molar-refractivity contribution in [2.75, 3.05) is 12.9 Å². The lowest BCUT2D eigenvalue weighted by atomic mass is 10.2. The Bertz CT molecular complexity index is 823. The summed E-state index contributed by atoms with van der Waals surface area (Å²) in [6.07, 6.45) is 4.14. The second kappa shape index (κ2) is 9.09. The van der Waals surface area contributed by atoms with Crippen LogP contribution in [-0.2, 0) is 4.79 Å². The normalized spacial score (nSPS) is 14.1.